The number of H-pyrrole nitrogens is 1. The zero-order valence-electron chi connectivity index (χ0n) is 19.5. The maximum atomic E-state index is 14.7. The van der Waals surface area contributed by atoms with E-state index >= 15 is 0 Å². The highest BCUT2D eigenvalue weighted by Crippen LogP contribution is 2.29. The zero-order chi connectivity index (χ0) is 25.9. The van der Waals surface area contributed by atoms with Crippen LogP contribution in [0.4, 0.5) is 16.0 Å². The van der Waals surface area contributed by atoms with E-state index in [1.54, 1.807) is 17.1 Å². The van der Waals surface area contributed by atoms with E-state index in [-0.39, 0.29) is 35.4 Å². The molecule has 0 aliphatic carbocycles. The second kappa shape index (κ2) is 9.94. The van der Waals surface area contributed by atoms with Crippen molar-refractivity contribution in [3.05, 3.63) is 66.8 Å². The number of aromatic nitrogens is 6. The first-order valence-corrected chi connectivity index (χ1v) is 11.2. The maximum Gasteiger partial charge on any atom is 0.295 e. The van der Waals surface area contributed by atoms with E-state index in [9.17, 15) is 14.0 Å². The van der Waals surface area contributed by atoms with Gasteiger partial charge in [0.1, 0.15) is 0 Å². The van der Waals surface area contributed by atoms with Crippen molar-refractivity contribution in [3.63, 3.8) is 0 Å². The number of hydrogen-bond donors (Lipinski definition) is 2. The van der Waals surface area contributed by atoms with E-state index < -0.39 is 17.5 Å². The van der Waals surface area contributed by atoms with E-state index in [1.807, 2.05) is 23.1 Å². The quantitative estimate of drug-likeness (QED) is 0.124. The number of rotatable bonds is 7. The molecule has 0 aromatic carbocycles. The van der Waals surface area contributed by atoms with E-state index in [2.05, 4.69) is 37.0 Å². The molecule has 188 valence electrons. The van der Waals surface area contributed by atoms with Crippen molar-refractivity contribution in [1.82, 2.24) is 34.8 Å². The van der Waals surface area contributed by atoms with Crippen molar-refractivity contribution in [1.29, 1.82) is 0 Å². The molecule has 1 amide bonds. The van der Waals surface area contributed by atoms with Gasteiger partial charge in [0.05, 0.1) is 28.9 Å². The number of aliphatic imine (C=N–C) groups is 1. The minimum absolute atomic E-state index is 0.0669. The number of hydrogen-bond acceptors (Lipinski definition) is 10. The van der Waals surface area contributed by atoms with Gasteiger partial charge < -0.3 is 14.8 Å². The molecule has 0 spiro atoms. The van der Waals surface area contributed by atoms with Crippen LogP contribution < -0.4 is 15.8 Å². The molecule has 1 fully saturated rings. The van der Waals surface area contributed by atoms with Crippen LogP contribution in [0.2, 0.25) is 0 Å². The third-order valence-electron chi connectivity index (χ3n) is 5.95. The smallest absolute Gasteiger partial charge is 0.295 e. The van der Waals surface area contributed by atoms with Gasteiger partial charge in [-0.05, 0) is 18.9 Å². The first-order valence-electron chi connectivity index (χ1n) is 11.2. The van der Waals surface area contributed by atoms with Crippen LogP contribution in [-0.2, 0) is 4.79 Å². The molecule has 0 atom stereocenters. The normalized spacial score (nSPS) is 13.9. The second-order valence-electron chi connectivity index (χ2n) is 8.07. The highest BCUT2D eigenvalue weighted by atomic mass is 19.1. The summed E-state index contributed by atoms with van der Waals surface area (Å²) in [7, 11) is 0. The van der Waals surface area contributed by atoms with Gasteiger partial charge >= 0.3 is 0 Å². The minimum Gasteiger partial charge on any atom is -0.357 e. The van der Waals surface area contributed by atoms with Gasteiger partial charge in [-0.15, -0.1) is 5.10 Å². The Morgan fingerprint density at radius 1 is 1.19 bits per heavy atom. The topological polar surface area (TPSA) is 155 Å². The van der Waals surface area contributed by atoms with Gasteiger partial charge in [0.2, 0.25) is 0 Å². The highest BCUT2D eigenvalue weighted by molar-refractivity contribution is 6.45. The molecule has 5 rings (SSSR count). The Hall–Kier alpha value is -4.98. The molecule has 13 nitrogen and oxygen atoms in total. The molecular formula is C23H22FN11O2. The molecular weight excluding hydrogens is 481 g/mol. The molecule has 0 saturated carbocycles. The van der Waals surface area contributed by atoms with Crippen LogP contribution in [0.25, 0.3) is 16.7 Å². The zero-order valence-corrected chi connectivity index (χ0v) is 19.5. The number of hydrazine groups is 1. The van der Waals surface area contributed by atoms with Crippen LogP contribution >= 0.6 is 0 Å². The number of carbonyl (C=O) groups is 2. The molecule has 4 aromatic rings. The van der Waals surface area contributed by atoms with Crippen LogP contribution in [-0.4, -0.2) is 79.4 Å². The number of nitrogens with zero attached hydrogens (tertiary/aromatic N) is 9. The number of nitrogens with two attached hydrogens (primary N) is 1. The molecule has 5 heterocycles. The number of halogens is 1. The lowest BCUT2D eigenvalue weighted by Gasteiger charge is -2.35. The average molecular weight is 504 g/mol. The van der Waals surface area contributed by atoms with Gasteiger partial charge in [0.15, 0.2) is 23.3 Å². The van der Waals surface area contributed by atoms with E-state index in [0.29, 0.717) is 18.9 Å². The van der Waals surface area contributed by atoms with Gasteiger partial charge in [-0.3, -0.25) is 19.6 Å². The Morgan fingerprint density at radius 3 is 2.73 bits per heavy atom. The predicted molar refractivity (Wildman–Crippen MR) is 134 cm³/mol. The molecule has 4 aromatic heterocycles. The summed E-state index contributed by atoms with van der Waals surface area (Å²) in [6.45, 7) is 4.78. The van der Waals surface area contributed by atoms with Gasteiger partial charge in [-0.25, -0.2) is 20.2 Å². The number of aromatic amines is 1. The van der Waals surface area contributed by atoms with E-state index in [1.165, 1.54) is 23.5 Å². The molecule has 0 bridgehead atoms. The van der Waals surface area contributed by atoms with Gasteiger partial charge in [-0.2, -0.15) is 4.68 Å². The summed E-state index contributed by atoms with van der Waals surface area (Å²) in [4.78, 5) is 44.4. The number of anilines is 2. The fraction of sp³-hybridized carbons (Fsp3) is 0.174. The molecule has 37 heavy (non-hydrogen) atoms. The monoisotopic (exact) mass is 503 g/mol. The summed E-state index contributed by atoms with van der Waals surface area (Å²) in [5, 5.41) is 9.14. The first-order chi connectivity index (χ1) is 18.0. The van der Waals surface area contributed by atoms with Crippen LogP contribution in [0.1, 0.15) is 10.4 Å². The summed E-state index contributed by atoms with van der Waals surface area (Å²) in [6, 6.07) is 5.47. The number of fused-ring (bicyclic) bond motifs is 1. The number of amides is 1. The first kappa shape index (κ1) is 23.7. The second-order valence-corrected chi connectivity index (χ2v) is 8.07. The van der Waals surface area contributed by atoms with E-state index in [0.717, 1.165) is 17.0 Å². The number of Topliss-reactive ketones (excluding diaryl/α,β-unsaturated/α-hetero) is 1. The van der Waals surface area contributed by atoms with Crippen molar-refractivity contribution < 1.29 is 14.0 Å². The van der Waals surface area contributed by atoms with Gasteiger partial charge in [0.25, 0.3) is 11.7 Å². The number of ketones is 1. The Kier molecular flexibility index (Phi) is 6.38. The minimum atomic E-state index is -0.831. The van der Waals surface area contributed by atoms with Crippen molar-refractivity contribution in [2.24, 2.45) is 10.8 Å². The van der Waals surface area contributed by atoms with Crippen LogP contribution in [0.5, 0.6) is 0 Å². The molecule has 0 unspecified atom stereocenters. The SMILES string of the molecule is C=N/C=C\N(N)c1ncc(F)c2c(C(=O)C(=O)N3CCN(c4cnnn4-c4ccccn4)CC3)c[nH]c12. The van der Waals surface area contributed by atoms with Crippen LogP contribution in [0, 0.1) is 5.82 Å². The van der Waals surface area contributed by atoms with Gasteiger partial charge in [0, 0.05) is 51.0 Å². The molecule has 1 saturated heterocycles. The van der Waals surface area contributed by atoms with Crippen LogP contribution in [0.15, 0.2) is 60.4 Å². The van der Waals surface area contributed by atoms with Crippen molar-refractivity contribution >= 4 is 40.9 Å². The molecule has 1 aliphatic heterocycles. The third kappa shape index (κ3) is 4.40. The lowest BCUT2D eigenvalue weighted by atomic mass is 10.1. The van der Waals surface area contributed by atoms with Crippen molar-refractivity contribution in [2.75, 3.05) is 36.1 Å². The average Bonchev–Trinajstić information content (AvgIpc) is 3.60. The Morgan fingerprint density at radius 2 is 2.00 bits per heavy atom. The molecule has 3 N–H and O–H groups in total. The summed E-state index contributed by atoms with van der Waals surface area (Å²) in [5.74, 6) is 5.11. The fourth-order valence-electron chi connectivity index (χ4n) is 4.14. The fourth-order valence-corrected chi connectivity index (χ4v) is 4.14. The number of pyridine rings is 2. The molecule has 0 radical (unpaired) electrons. The summed E-state index contributed by atoms with van der Waals surface area (Å²) in [5.41, 5.74) is 0.0766. The standard InChI is InChI=1S/C23H22FN11O2/c1-26-6-7-34(25)22-20-19(16(24)13-29-22)15(12-28-20)21(36)23(37)33-10-8-32(9-11-33)18-14-30-31-35(18)17-4-2-3-5-27-17/h2-7,12-14,28H,1,8-11,25H2/b7-6-. The lowest BCUT2D eigenvalue weighted by molar-refractivity contribution is -0.126. The lowest BCUT2D eigenvalue weighted by Crippen LogP contribution is -2.51. The largest absolute Gasteiger partial charge is 0.357 e. The number of piperazine rings is 1. The molecule has 14 heteroatoms. The van der Waals surface area contributed by atoms with Crippen LogP contribution in [0.3, 0.4) is 0 Å². The Balaban J connectivity index is 1.33. The van der Waals surface area contributed by atoms with Gasteiger partial charge in [-0.1, -0.05) is 11.3 Å². The number of nitrogens with one attached hydrogen (secondary N) is 1. The maximum absolute atomic E-state index is 14.7. The predicted octanol–water partition coefficient (Wildman–Crippen LogP) is 1.06. The highest BCUT2D eigenvalue weighted by Gasteiger charge is 2.31. The molecule has 1 aliphatic rings. The Labute approximate surface area is 209 Å². The summed E-state index contributed by atoms with van der Waals surface area (Å²) < 4.78 is 16.4. The van der Waals surface area contributed by atoms with Crippen molar-refractivity contribution in [2.45, 2.75) is 0 Å². The Bertz CT molecular complexity index is 1490. The third-order valence-corrected chi connectivity index (χ3v) is 5.95. The van der Waals surface area contributed by atoms with E-state index in [4.69, 9.17) is 5.84 Å². The summed E-state index contributed by atoms with van der Waals surface area (Å²) >= 11 is 0. The van der Waals surface area contributed by atoms with Crippen molar-refractivity contribution in [3.8, 4) is 5.82 Å². The number of carbonyl (C=O) groups excluding carboxylic acids is 2. The summed E-state index contributed by atoms with van der Waals surface area (Å²) in [6.07, 6.45) is 8.22.